The van der Waals surface area contributed by atoms with Gasteiger partial charge < -0.3 is 20.3 Å². The lowest BCUT2D eigenvalue weighted by atomic mass is 10.0. The van der Waals surface area contributed by atoms with E-state index < -0.39 is 12.1 Å². The molecule has 0 aromatic heterocycles. The van der Waals surface area contributed by atoms with Gasteiger partial charge in [-0.1, -0.05) is 346 Å². The first-order chi connectivity index (χ1) is 40.0. The summed E-state index contributed by atoms with van der Waals surface area (Å²) in [6.07, 6.45) is 91.1. The fraction of sp³-hybridized carbons (Fsp3) is 0.893. The van der Waals surface area contributed by atoms with Crippen LogP contribution in [0.1, 0.15) is 406 Å². The first kappa shape index (κ1) is 79.1. The highest BCUT2D eigenvalue weighted by Crippen LogP contribution is 2.19. The van der Waals surface area contributed by atoms with Gasteiger partial charge in [-0.05, 0) is 83.5 Å². The van der Waals surface area contributed by atoms with Gasteiger partial charge in [0.1, 0.15) is 0 Å². The third-order valence-corrected chi connectivity index (χ3v) is 17.1. The Morgan fingerprint density at radius 3 is 0.901 bits per heavy atom. The number of amides is 1. The molecule has 0 spiro atoms. The summed E-state index contributed by atoms with van der Waals surface area (Å²) in [5.74, 6) is -0.0502. The number of carbonyl (C=O) groups is 2. The van der Waals surface area contributed by atoms with Crippen molar-refractivity contribution in [2.75, 3.05) is 13.2 Å². The van der Waals surface area contributed by atoms with Gasteiger partial charge in [-0.25, -0.2) is 0 Å². The highest BCUT2D eigenvalue weighted by atomic mass is 16.5. The molecule has 0 radical (unpaired) electrons. The van der Waals surface area contributed by atoms with Crippen molar-refractivity contribution < 1.29 is 24.5 Å². The Morgan fingerprint density at radius 1 is 0.333 bits per heavy atom. The van der Waals surface area contributed by atoms with Crippen molar-refractivity contribution >= 4 is 11.9 Å². The van der Waals surface area contributed by atoms with Gasteiger partial charge in [0.15, 0.2) is 0 Å². The summed E-state index contributed by atoms with van der Waals surface area (Å²) >= 11 is 0. The van der Waals surface area contributed by atoms with Crippen LogP contribution in [0.3, 0.4) is 0 Å². The van der Waals surface area contributed by atoms with Gasteiger partial charge in [-0.2, -0.15) is 0 Å². The zero-order valence-corrected chi connectivity index (χ0v) is 54.8. The number of ether oxygens (including phenoxy) is 1. The maximum Gasteiger partial charge on any atom is 0.305 e. The lowest BCUT2D eigenvalue weighted by Gasteiger charge is -2.20. The monoisotopic (exact) mass is 1140 g/mol. The van der Waals surface area contributed by atoms with Crippen LogP contribution in [-0.4, -0.2) is 47.4 Å². The molecule has 0 aliphatic rings. The van der Waals surface area contributed by atoms with Crippen molar-refractivity contribution in [2.24, 2.45) is 0 Å². The summed E-state index contributed by atoms with van der Waals surface area (Å²) < 4.78 is 5.48. The predicted molar refractivity (Wildman–Crippen MR) is 356 cm³/mol. The number of carbonyl (C=O) groups excluding carboxylic acids is 2. The van der Waals surface area contributed by atoms with E-state index in [1.807, 2.05) is 6.08 Å². The largest absolute Gasteiger partial charge is 0.466 e. The average Bonchev–Trinajstić information content (AvgIpc) is 3.47. The molecule has 0 rings (SSSR count). The minimum Gasteiger partial charge on any atom is -0.466 e. The number of hydrogen-bond donors (Lipinski definition) is 3. The molecule has 6 heteroatoms. The lowest BCUT2D eigenvalue weighted by molar-refractivity contribution is -0.143. The van der Waals surface area contributed by atoms with Gasteiger partial charge in [0.25, 0.3) is 0 Å². The van der Waals surface area contributed by atoms with Crippen molar-refractivity contribution in [2.45, 2.75) is 418 Å². The number of allylic oxidation sites excluding steroid dienone is 5. The van der Waals surface area contributed by atoms with Gasteiger partial charge in [0.2, 0.25) is 5.91 Å². The first-order valence-electron chi connectivity index (χ1n) is 36.8. The van der Waals surface area contributed by atoms with E-state index in [0.29, 0.717) is 19.4 Å². The number of esters is 1. The van der Waals surface area contributed by atoms with E-state index in [1.54, 1.807) is 6.08 Å². The molecule has 0 bridgehead atoms. The second kappa shape index (κ2) is 70.6. The summed E-state index contributed by atoms with van der Waals surface area (Å²) in [6.45, 7) is 4.91. The summed E-state index contributed by atoms with van der Waals surface area (Å²) in [4.78, 5) is 24.5. The molecule has 2 atom stereocenters. The molecule has 0 saturated carbocycles. The van der Waals surface area contributed by atoms with Crippen molar-refractivity contribution in [3.63, 3.8) is 0 Å². The fourth-order valence-electron chi connectivity index (χ4n) is 11.5. The number of hydrogen-bond acceptors (Lipinski definition) is 5. The minimum absolute atomic E-state index is 0.0114. The van der Waals surface area contributed by atoms with Crippen LogP contribution in [0.4, 0.5) is 0 Å². The summed E-state index contributed by atoms with van der Waals surface area (Å²) in [6, 6.07) is -0.624. The molecule has 1 amide bonds. The molecule has 0 aliphatic heterocycles. The van der Waals surface area contributed by atoms with Crippen molar-refractivity contribution in [3.8, 4) is 0 Å². The van der Waals surface area contributed by atoms with Crippen LogP contribution in [0, 0.1) is 0 Å². The van der Waals surface area contributed by atoms with Crippen molar-refractivity contribution in [1.82, 2.24) is 5.32 Å². The van der Waals surface area contributed by atoms with Gasteiger partial charge in [-0.15, -0.1) is 0 Å². The molecule has 0 aliphatic carbocycles. The van der Waals surface area contributed by atoms with Crippen LogP contribution in [0.15, 0.2) is 36.5 Å². The molecule has 0 aromatic rings. The maximum absolute atomic E-state index is 12.5. The third kappa shape index (κ3) is 67.1. The molecule has 3 N–H and O–H groups in total. The van der Waals surface area contributed by atoms with Crippen LogP contribution in [0.25, 0.3) is 0 Å². The van der Waals surface area contributed by atoms with Gasteiger partial charge in [0.05, 0.1) is 25.4 Å². The van der Waals surface area contributed by atoms with Crippen LogP contribution in [0.2, 0.25) is 0 Å². The Hall–Kier alpha value is -1.92. The molecule has 6 nitrogen and oxygen atoms in total. The molecule has 2 unspecified atom stereocenters. The Morgan fingerprint density at radius 2 is 0.580 bits per heavy atom. The second-order valence-corrected chi connectivity index (χ2v) is 25.3. The smallest absolute Gasteiger partial charge is 0.305 e. The topological polar surface area (TPSA) is 95.9 Å². The van der Waals surface area contributed by atoms with Gasteiger partial charge in [0, 0.05) is 12.8 Å². The van der Waals surface area contributed by atoms with E-state index >= 15 is 0 Å². The zero-order chi connectivity index (χ0) is 58.5. The lowest BCUT2D eigenvalue weighted by Crippen LogP contribution is -2.45. The molecule has 0 saturated heterocycles. The molecular formula is C75H143NO5. The van der Waals surface area contributed by atoms with Gasteiger partial charge >= 0.3 is 5.97 Å². The quantitative estimate of drug-likeness (QED) is 0.0320. The minimum atomic E-state index is -0.841. The van der Waals surface area contributed by atoms with Crippen LogP contribution in [-0.2, 0) is 14.3 Å². The summed E-state index contributed by atoms with van der Waals surface area (Å²) in [5.41, 5.74) is 0. The Kier molecular flexibility index (Phi) is 68.9. The number of rotatable bonds is 69. The predicted octanol–water partition coefficient (Wildman–Crippen LogP) is 23.9. The number of aliphatic hydroxyl groups is 2. The standard InChI is InChI=1S/C75H143NO5/c1-3-5-7-9-11-13-15-17-41-44-47-51-55-59-63-67-73(78)72(71-77)76-74(79)68-64-60-56-52-48-45-42-39-37-35-33-31-29-27-25-23-21-19-18-20-22-24-26-28-30-32-34-36-38-40-43-46-50-54-58-62-66-70-81-75(80)69-65-61-57-53-49-16-14-12-10-8-6-4-2/h12,14,18,20,63,67,72-73,77-78H,3-11,13,15-17,19,21-62,64-66,68-71H2,1-2H3,(H,76,79)/b14-12-,20-18-,67-63+. The number of unbranched alkanes of at least 4 members (excludes halogenated alkanes) is 54. The third-order valence-electron chi connectivity index (χ3n) is 17.1. The van der Waals surface area contributed by atoms with E-state index in [4.69, 9.17) is 4.74 Å². The highest BCUT2D eigenvalue weighted by molar-refractivity contribution is 5.76. The second-order valence-electron chi connectivity index (χ2n) is 25.3. The summed E-state index contributed by atoms with van der Waals surface area (Å²) in [7, 11) is 0. The van der Waals surface area contributed by atoms with E-state index in [9.17, 15) is 19.8 Å². The number of aliphatic hydroxyl groups excluding tert-OH is 2. The Labute approximate surface area is 506 Å². The molecule has 0 heterocycles. The average molecular weight is 1140 g/mol. The van der Waals surface area contributed by atoms with E-state index in [-0.39, 0.29) is 18.5 Å². The van der Waals surface area contributed by atoms with Crippen molar-refractivity contribution in [3.05, 3.63) is 36.5 Å². The van der Waals surface area contributed by atoms with E-state index in [1.165, 1.54) is 334 Å². The van der Waals surface area contributed by atoms with E-state index in [0.717, 1.165) is 44.9 Å². The van der Waals surface area contributed by atoms with Crippen molar-refractivity contribution in [1.29, 1.82) is 0 Å². The zero-order valence-electron chi connectivity index (χ0n) is 54.8. The SMILES string of the molecule is CCCCC/C=C\CCCCCCCC(=O)OCCCCCCCCCCCCCCCCCC/C=C\CCCCCCCCCCCCCCCCCCCC(=O)NC(CO)C(O)/C=C/CCCCCCCCCCCCCCC. The fourth-order valence-corrected chi connectivity index (χ4v) is 11.5. The molecule has 0 aromatic carbocycles. The number of nitrogens with one attached hydrogen (secondary N) is 1. The van der Waals surface area contributed by atoms with Crippen LogP contribution < -0.4 is 5.32 Å². The maximum atomic E-state index is 12.5. The molecular weight excluding hydrogens is 995 g/mol. The molecule has 81 heavy (non-hydrogen) atoms. The van der Waals surface area contributed by atoms with E-state index in [2.05, 4.69) is 43.5 Å². The Bertz CT molecular complexity index is 1310. The van der Waals surface area contributed by atoms with Crippen LogP contribution in [0.5, 0.6) is 0 Å². The van der Waals surface area contributed by atoms with Gasteiger partial charge in [-0.3, -0.25) is 9.59 Å². The molecule has 0 fully saturated rings. The molecule has 478 valence electrons. The normalized spacial score (nSPS) is 12.7. The van der Waals surface area contributed by atoms with Crippen LogP contribution >= 0.6 is 0 Å². The summed E-state index contributed by atoms with van der Waals surface area (Å²) in [5, 5.41) is 23.2. The highest BCUT2D eigenvalue weighted by Gasteiger charge is 2.18. The first-order valence-corrected chi connectivity index (χ1v) is 36.8. The Balaban J connectivity index is 3.34.